The monoisotopic (exact) mass is 218 g/mol. The molecule has 0 aromatic heterocycles. The Morgan fingerprint density at radius 2 is 1.69 bits per heavy atom. The molecule has 0 atom stereocenters. The summed E-state index contributed by atoms with van der Waals surface area (Å²) in [4.78, 5) is 21.9. The molecule has 0 aliphatic heterocycles. The van der Waals surface area contributed by atoms with Gasteiger partial charge in [0.2, 0.25) is 11.6 Å². The van der Waals surface area contributed by atoms with Crippen molar-refractivity contribution in [2.45, 2.75) is 6.42 Å². The van der Waals surface area contributed by atoms with Crippen molar-refractivity contribution in [3.05, 3.63) is 35.4 Å². The van der Waals surface area contributed by atoms with Crippen LogP contribution in [-0.2, 0) is 31.0 Å². The van der Waals surface area contributed by atoms with Gasteiger partial charge in [-0.15, -0.1) is 0 Å². The first kappa shape index (κ1) is 9.96. The Bertz CT molecular complexity index is 360. The molecule has 68 valence electrons. The molecule has 1 aromatic rings. The number of fused-ring (bicyclic) bond motifs is 1. The third-order valence-electron chi connectivity index (χ3n) is 1.87. The minimum atomic E-state index is -0.333. The third-order valence-corrected chi connectivity index (χ3v) is 1.87. The SMILES string of the molecule is O=C1Cc2ccccc2C1=O.[O]=[Fe]. The van der Waals surface area contributed by atoms with E-state index in [2.05, 4.69) is 0 Å². The molecule has 0 unspecified atom stereocenters. The van der Waals surface area contributed by atoms with Crippen molar-refractivity contribution in [2.24, 2.45) is 0 Å². The van der Waals surface area contributed by atoms with Crippen molar-refractivity contribution in [2.75, 3.05) is 0 Å². The van der Waals surface area contributed by atoms with Crippen LogP contribution in [0.15, 0.2) is 24.3 Å². The average molecular weight is 218 g/mol. The molecule has 1 aliphatic carbocycles. The Kier molecular flexibility index (Phi) is 3.23. The summed E-state index contributed by atoms with van der Waals surface area (Å²) >= 11 is 2.00. The zero-order valence-corrected chi connectivity index (χ0v) is 7.70. The van der Waals surface area contributed by atoms with Crippen LogP contribution in [0.1, 0.15) is 15.9 Å². The fourth-order valence-corrected chi connectivity index (χ4v) is 1.30. The molecule has 0 fully saturated rings. The van der Waals surface area contributed by atoms with E-state index in [0.717, 1.165) is 5.56 Å². The molecular weight excluding hydrogens is 212 g/mol. The number of ketones is 2. The molecule has 0 N–H and O–H groups in total. The number of carbonyl (C=O) groups is 2. The van der Waals surface area contributed by atoms with Crippen molar-refractivity contribution in [1.29, 1.82) is 0 Å². The van der Waals surface area contributed by atoms with Crippen molar-refractivity contribution in [3.8, 4) is 0 Å². The predicted molar refractivity (Wildman–Crippen MR) is 40.2 cm³/mol. The van der Waals surface area contributed by atoms with E-state index in [1.807, 2.05) is 28.1 Å². The van der Waals surface area contributed by atoms with E-state index in [1.165, 1.54) is 0 Å². The van der Waals surface area contributed by atoms with E-state index in [1.54, 1.807) is 12.1 Å². The van der Waals surface area contributed by atoms with E-state index in [9.17, 15) is 9.59 Å². The molecule has 13 heavy (non-hydrogen) atoms. The molecule has 1 aromatic carbocycles. The molecule has 0 amide bonds. The summed E-state index contributed by atoms with van der Waals surface area (Å²) in [5.74, 6) is -0.619. The quantitative estimate of drug-likeness (QED) is 0.479. The van der Waals surface area contributed by atoms with Gasteiger partial charge in [0.05, 0.1) is 0 Å². The van der Waals surface area contributed by atoms with Gasteiger partial charge in [0, 0.05) is 12.0 Å². The Hall–Kier alpha value is -1.12. The first-order valence-electron chi connectivity index (χ1n) is 3.59. The second kappa shape index (κ2) is 4.21. The Morgan fingerprint density at radius 3 is 2.31 bits per heavy atom. The predicted octanol–water partition coefficient (Wildman–Crippen LogP) is 0.873. The minimum absolute atomic E-state index is 0.286. The molecule has 1 aliphatic rings. The summed E-state index contributed by atoms with van der Waals surface area (Å²) < 4.78 is 8.00. The topological polar surface area (TPSA) is 51.2 Å². The molecule has 2 rings (SSSR count). The van der Waals surface area contributed by atoms with Gasteiger partial charge in [-0.2, -0.15) is 0 Å². The van der Waals surface area contributed by atoms with Gasteiger partial charge in [0.15, 0.2) is 0 Å². The molecule has 0 heterocycles. The van der Waals surface area contributed by atoms with Crippen molar-refractivity contribution < 1.29 is 29.4 Å². The first-order valence-corrected chi connectivity index (χ1v) is 4.04. The second-order valence-corrected chi connectivity index (χ2v) is 2.59. The summed E-state index contributed by atoms with van der Waals surface area (Å²) in [6.07, 6.45) is 0.287. The maximum absolute atomic E-state index is 11.0. The number of carbonyl (C=O) groups excluding carboxylic acids is 2. The summed E-state index contributed by atoms with van der Waals surface area (Å²) in [6.45, 7) is 0. The summed E-state index contributed by atoms with van der Waals surface area (Å²) in [5, 5.41) is 0. The molecular formula is C9H6FeO3. The molecule has 0 bridgehead atoms. The summed E-state index contributed by atoms with van der Waals surface area (Å²) in [7, 11) is 0. The van der Waals surface area contributed by atoms with E-state index in [-0.39, 0.29) is 18.0 Å². The van der Waals surface area contributed by atoms with E-state index < -0.39 is 0 Å². The Labute approximate surface area is 83.2 Å². The van der Waals surface area contributed by atoms with Crippen LogP contribution in [0.25, 0.3) is 0 Å². The number of hydrogen-bond donors (Lipinski definition) is 0. The standard InChI is InChI=1S/C9H6O2.Fe.O/c10-8-5-6-3-1-2-4-7(6)9(8)11;;/h1-4H,5H2;;. The van der Waals surface area contributed by atoms with E-state index in [0.29, 0.717) is 5.56 Å². The van der Waals surface area contributed by atoms with Crippen molar-refractivity contribution in [1.82, 2.24) is 0 Å². The normalized spacial score (nSPS) is 13.3. The van der Waals surface area contributed by atoms with Gasteiger partial charge in [-0.25, -0.2) is 0 Å². The zero-order valence-electron chi connectivity index (χ0n) is 6.59. The van der Waals surface area contributed by atoms with Crippen LogP contribution in [0.2, 0.25) is 0 Å². The Balaban J connectivity index is 0.000000396. The molecule has 3 nitrogen and oxygen atoms in total. The van der Waals surface area contributed by atoms with Gasteiger partial charge in [0.25, 0.3) is 0 Å². The molecule has 0 radical (unpaired) electrons. The van der Waals surface area contributed by atoms with Crippen LogP contribution < -0.4 is 0 Å². The third kappa shape index (κ3) is 1.79. The molecule has 0 spiro atoms. The summed E-state index contributed by atoms with van der Waals surface area (Å²) in [5.41, 5.74) is 1.44. The van der Waals surface area contributed by atoms with Gasteiger partial charge in [-0.05, 0) is 5.56 Å². The number of rotatable bonds is 0. The maximum atomic E-state index is 11.0. The fourth-order valence-electron chi connectivity index (χ4n) is 1.30. The van der Waals surface area contributed by atoms with E-state index in [4.69, 9.17) is 3.83 Å². The number of hydrogen-bond acceptors (Lipinski definition) is 3. The Morgan fingerprint density at radius 1 is 1.08 bits per heavy atom. The summed E-state index contributed by atoms with van der Waals surface area (Å²) in [6, 6.07) is 7.13. The van der Waals surface area contributed by atoms with Crippen molar-refractivity contribution in [3.63, 3.8) is 0 Å². The second-order valence-electron chi connectivity index (χ2n) is 2.59. The van der Waals surface area contributed by atoms with E-state index >= 15 is 0 Å². The van der Waals surface area contributed by atoms with Crippen molar-refractivity contribution >= 4 is 11.6 Å². The number of Topliss-reactive ketones (excluding diaryl/α,β-unsaturated/α-hetero) is 2. The van der Waals surface area contributed by atoms with Crippen LogP contribution >= 0.6 is 0 Å². The van der Waals surface area contributed by atoms with Gasteiger partial charge >= 0.3 is 19.8 Å². The molecule has 0 saturated carbocycles. The van der Waals surface area contributed by atoms with Gasteiger partial charge in [0.1, 0.15) is 0 Å². The van der Waals surface area contributed by atoms with Gasteiger partial charge < -0.3 is 0 Å². The molecule has 0 saturated heterocycles. The van der Waals surface area contributed by atoms with Gasteiger partial charge in [-0.1, -0.05) is 24.3 Å². The van der Waals surface area contributed by atoms with Crippen LogP contribution in [-0.4, -0.2) is 11.6 Å². The van der Waals surface area contributed by atoms with Crippen LogP contribution in [0.5, 0.6) is 0 Å². The van der Waals surface area contributed by atoms with Crippen LogP contribution in [0, 0.1) is 0 Å². The van der Waals surface area contributed by atoms with Gasteiger partial charge in [-0.3, -0.25) is 9.59 Å². The fraction of sp³-hybridized carbons (Fsp3) is 0.111. The first-order chi connectivity index (χ1) is 6.29. The molecule has 4 heteroatoms. The van der Waals surface area contributed by atoms with Crippen LogP contribution in [0.4, 0.5) is 0 Å². The average Bonchev–Trinajstić information content (AvgIpc) is 2.47. The van der Waals surface area contributed by atoms with Crippen LogP contribution in [0.3, 0.4) is 0 Å². The zero-order chi connectivity index (χ0) is 9.84. The number of benzene rings is 1.